The minimum absolute atomic E-state index is 0.179. The summed E-state index contributed by atoms with van der Waals surface area (Å²) < 4.78 is 5.51. The van der Waals surface area contributed by atoms with Gasteiger partial charge in [-0.15, -0.1) is 0 Å². The van der Waals surface area contributed by atoms with Crippen molar-refractivity contribution in [3.8, 4) is 0 Å². The van der Waals surface area contributed by atoms with Crippen LogP contribution in [0.1, 0.15) is 60.3 Å². The number of nitrogens with zero attached hydrogens (tertiary/aromatic N) is 1. The number of nitrogens with one attached hydrogen (secondary N) is 1. The molecular weight excluding hydrogens is 252 g/mol. The molecule has 4 heteroatoms. The molecular formula is C16H32N2O2. The normalized spacial score (nSPS) is 26.8. The van der Waals surface area contributed by atoms with Gasteiger partial charge in [-0.2, -0.15) is 0 Å². The molecule has 1 rings (SSSR count). The first kappa shape index (κ1) is 17.4. The standard InChI is InChI=1S/C16H32N2O2/c1-6-10-20-11-8-9-18-14(12-13(3)4)17-16(5,7-2)15(18)19/h13-14,17H,6-12H2,1-5H3. The van der Waals surface area contributed by atoms with E-state index in [1.165, 1.54) is 0 Å². The van der Waals surface area contributed by atoms with Crippen molar-refractivity contribution in [2.24, 2.45) is 5.92 Å². The molecule has 4 nitrogen and oxygen atoms in total. The molecule has 1 N–H and O–H groups in total. The Morgan fingerprint density at radius 2 is 2.05 bits per heavy atom. The number of rotatable bonds is 9. The summed E-state index contributed by atoms with van der Waals surface area (Å²) in [5.74, 6) is 0.833. The van der Waals surface area contributed by atoms with Crippen molar-refractivity contribution in [1.82, 2.24) is 10.2 Å². The number of ether oxygens (including phenoxy) is 1. The molecule has 0 aromatic carbocycles. The molecule has 0 aromatic heterocycles. The van der Waals surface area contributed by atoms with Crippen LogP contribution in [0.25, 0.3) is 0 Å². The SMILES string of the molecule is CCCOCCCN1C(=O)C(C)(CC)NC1CC(C)C. The first-order chi connectivity index (χ1) is 9.44. The van der Waals surface area contributed by atoms with Crippen LogP contribution in [-0.2, 0) is 9.53 Å². The molecule has 1 amide bonds. The Kier molecular flexibility index (Phi) is 6.96. The summed E-state index contributed by atoms with van der Waals surface area (Å²) in [5.41, 5.74) is -0.385. The van der Waals surface area contributed by atoms with Crippen LogP contribution in [0, 0.1) is 5.92 Å². The Morgan fingerprint density at radius 3 is 2.60 bits per heavy atom. The second kappa shape index (κ2) is 7.99. The van der Waals surface area contributed by atoms with Gasteiger partial charge in [0.1, 0.15) is 0 Å². The van der Waals surface area contributed by atoms with E-state index in [2.05, 4.69) is 33.0 Å². The lowest BCUT2D eigenvalue weighted by Gasteiger charge is -2.25. The van der Waals surface area contributed by atoms with E-state index in [-0.39, 0.29) is 17.6 Å². The largest absolute Gasteiger partial charge is 0.381 e. The lowest BCUT2D eigenvalue weighted by atomic mass is 9.99. The number of carbonyl (C=O) groups excluding carboxylic acids is 1. The zero-order valence-electron chi connectivity index (χ0n) is 13.9. The average molecular weight is 284 g/mol. The zero-order valence-corrected chi connectivity index (χ0v) is 13.9. The third-order valence-corrected chi connectivity index (χ3v) is 4.03. The highest BCUT2D eigenvalue weighted by Gasteiger charge is 2.46. The van der Waals surface area contributed by atoms with E-state index >= 15 is 0 Å². The molecule has 1 fully saturated rings. The zero-order chi connectivity index (χ0) is 15.2. The van der Waals surface area contributed by atoms with E-state index in [1.54, 1.807) is 0 Å². The first-order valence-corrected chi connectivity index (χ1v) is 8.11. The van der Waals surface area contributed by atoms with Crippen molar-refractivity contribution >= 4 is 5.91 Å². The Hall–Kier alpha value is -0.610. The summed E-state index contributed by atoms with van der Waals surface area (Å²) in [6, 6.07) is 0. The smallest absolute Gasteiger partial charge is 0.243 e. The minimum Gasteiger partial charge on any atom is -0.381 e. The quantitative estimate of drug-likeness (QED) is 0.662. The van der Waals surface area contributed by atoms with Gasteiger partial charge in [-0.3, -0.25) is 10.1 Å². The highest BCUT2D eigenvalue weighted by atomic mass is 16.5. The molecule has 1 aliphatic rings. The lowest BCUT2D eigenvalue weighted by molar-refractivity contribution is -0.133. The summed E-state index contributed by atoms with van der Waals surface area (Å²) in [5, 5.41) is 3.54. The number of hydrogen-bond donors (Lipinski definition) is 1. The summed E-state index contributed by atoms with van der Waals surface area (Å²) in [6.45, 7) is 13.0. The summed E-state index contributed by atoms with van der Waals surface area (Å²) >= 11 is 0. The Bertz CT molecular complexity index is 307. The Labute approximate surface area is 124 Å². The van der Waals surface area contributed by atoms with Gasteiger partial charge in [-0.25, -0.2) is 0 Å². The molecule has 1 saturated heterocycles. The van der Waals surface area contributed by atoms with Gasteiger partial charge >= 0.3 is 0 Å². The van der Waals surface area contributed by atoms with Crippen LogP contribution in [0.3, 0.4) is 0 Å². The van der Waals surface area contributed by atoms with Crippen LogP contribution in [-0.4, -0.2) is 42.3 Å². The topological polar surface area (TPSA) is 41.6 Å². The second-order valence-corrected chi connectivity index (χ2v) is 6.44. The van der Waals surface area contributed by atoms with Crippen LogP contribution in [0.5, 0.6) is 0 Å². The van der Waals surface area contributed by atoms with Gasteiger partial charge in [-0.1, -0.05) is 27.7 Å². The van der Waals surface area contributed by atoms with Crippen LogP contribution in [0.4, 0.5) is 0 Å². The van der Waals surface area contributed by atoms with E-state index in [1.807, 2.05) is 11.8 Å². The van der Waals surface area contributed by atoms with Crippen molar-refractivity contribution in [3.63, 3.8) is 0 Å². The lowest BCUT2D eigenvalue weighted by Crippen LogP contribution is -2.44. The van der Waals surface area contributed by atoms with E-state index in [0.717, 1.165) is 45.4 Å². The Balaban J connectivity index is 2.56. The van der Waals surface area contributed by atoms with E-state index in [0.29, 0.717) is 5.92 Å². The van der Waals surface area contributed by atoms with Gasteiger partial charge in [0.25, 0.3) is 0 Å². The molecule has 0 spiro atoms. The van der Waals surface area contributed by atoms with Crippen LogP contribution in [0.2, 0.25) is 0 Å². The van der Waals surface area contributed by atoms with E-state index in [4.69, 9.17) is 4.74 Å². The van der Waals surface area contributed by atoms with E-state index < -0.39 is 0 Å². The van der Waals surface area contributed by atoms with E-state index in [9.17, 15) is 4.79 Å². The average Bonchev–Trinajstić information content (AvgIpc) is 2.62. The predicted octanol–water partition coefficient (Wildman–Crippen LogP) is 2.78. The molecule has 0 saturated carbocycles. The summed E-state index contributed by atoms with van der Waals surface area (Å²) in [4.78, 5) is 14.6. The molecule has 2 atom stereocenters. The first-order valence-electron chi connectivity index (χ1n) is 8.11. The molecule has 0 aliphatic carbocycles. The number of hydrogen-bond acceptors (Lipinski definition) is 3. The van der Waals surface area contributed by atoms with Crippen LogP contribution < -0.4 is 5.32 Å². The molecule has 1 aliphatic heterocycles. The number of carbonyl (C=O) groups is 1. The predicted molar refractivity (Wildman–Crippen MR) is 82.5 cm³/mol. The fraction of sp³-hybridized carbons (Fsp3) is 0.938. The summed E-state index contributed by atoms with van der Waals surface area (Å²) in [7, 11) is 0. The molecule has 20 heavy (non-hydrogen) atoms. The van der Waals surface area contributed by atoms with Crippen molar-refractivity contribution in [2.75, 3.05) is 19.8 Å². The third kappa shape index (κ3) is 4.45. The van der Waals surface area contributed by atoms with Gasteiger partial charge < -0.3 is 9.64 Å². The van der Waals surface area contributed by atoms with Gasteiger partial charge in [-0.05, 0) is 38.5 Å². The monoisotopic (exact) mass is 284 g/mol. The molecule has 0 bridgehead atoms. The van der Waals surface area contributed by atoms with Crippen LogP contribution >= 0.6 is 0 Å². The van der Waals surface area contributed by atoms with Crippen molar-refractivity contribution in [1.29, 1.82) is 0 Å². The molecule has 0 radical (unpaired) electrons. The van der Waals surface area contributed by atoms with Crippen molar-refractivity contribution < 1.29 is 9.53 Å². The fourth-order valence-corrected chi connectivity index (χ4v) is 2.69. The van der Waals surface area contributed by atoms with Gasteiger partial charge in [0, 0.05) is 19.8 Å². The minimum atomic E-state index is -0.385. The van der Waals surface area contributed by atoms with Gasteiger partial charge in [0.05, 0.1) is 11.7 Å². The molecule has 0 aromatic rings. The van der Waals surface area contributed by atoms with Gasteiger partial charge in [0.15, 0.2) is 0 Å². The Morgan fingerprint density at radius 1 is 1.35 bits per heavy atom. The third-order valence-electron chi connectivity index (χ3n) is 4.03. The second-order valence-electron chi connectivity index (χ2n) is 6.44. The van der Waals surface area contributed by atoms with Gasteiger partial charge in [0.2, 0.25) is 5.91 Å². The maximum absolute atomic E-state index is 12.6. The van der Waals surface area contributed by atoms with Crippen LogP contribution in [0.15, 0.2) is 0 Å². The van der Waals surface area contributed by atoms with Crippen molar-refractivity contribution in [3.05, 3.63) is 0 Å². The maximum atomic E-state index is 12.6. The molecule has 2 unspecified atom stereocenters. The van der Waals surface area contributed by atoms with Crippen molar-refractivity contribution in [2.45, 2.75) is 72.0 Å². The maximum Gasteiger partial charge on any atom is 0.243 e. The highest BCUT2D eigenvalue weighted by molar-refractivity contribution is 5.88. The summed E-state index contributed by atoms with van der Waals surface area (Å²) in [6.07, 6.45) is 4.00. The molecule has 118 valence electrons. The fourth-order valence-electron chi connectivity index (χ4n) is 2.69. The highest BCUT2D eigenvalue weighted by Crippen LogP contribution is 2.26. The number of amides is 1. The molecule has 1 heterocycles.